The van der Waals surface area contributed by atoms with Gasteiger partial charge in [0.25, 0.3) is 0 Å². The molecule has 0 bridgehead atoms. The molecule has 3 rings (SSSR count). The van der Waals surface area contributed by atoms with Gasteiger partial charge in [-0.1, -0.05) is 17.7 Å². The lowest BCUT2D eigenvalue weighted by Gasteiger charge is -2.31. The van der Waals surface area contributed by atoms with Gasteiger partial charge in [-0.2, -0.15) is 4.31 Å². The molecule has 0 aliphatic carbocycles. The largest absolute Gasteiger partial charge is 0.329 e. The Hall–Kier alpha value is -1.47. The van der Waals surface area contributed by atoms with Crippen LogP contribution in [0.4, 0.5) is 0 Å². The predicted octanol–water partition coefficient (Wildman–Crippen LogP) is 0.824. The molecule has 1 aliphatic rings. The van der Waals surface area contributed by atoms with Gasteiger partial charge in [-0.05, 0) is 30.3 Å². The third-order valence-corrected chi connectivity index (χ3v) is 6.22. The monoisotopic (exact) mass is 352 g/mol. The van der Waals surface area contributed by atoms with E-state index in [9.17, 15) is 8.42 Å². The number of nitrogens with one attached hydrogen (secondary N) is 1. The van der Waals surface area contributed by atoms with E-state index in [-0.39, 0.29) is 0 Å². The molecule has 0 radical (unpaired) electrons. The second-order valence-electron chi connectivity index (χ2n) is 5.65. The fourth-order valence-electron chi connectivity index (χ4n) is 2.77. The minimum atomic E-state index is -3.43. The minimum absolute atomic E-state index is 0.303. The molecule has 0 amide bonds. The van der Waals surface area contributed by atoms with Crippen molar-refractivity contribution in [1.29, 1.82) is 0 Å². The molecule has 0 saturated carbocycles. The van der Waals surface area contributed by atoms with Crippen molar-refractivity contribution >= 4 is 21.6 Å². The summed E-state index contributed by atoms with van der Waals surface area (Å²) in [6.45, 7) is 3.52. The maximum absolute atomic E-state index is 12.6. The molecule has 23 heavy (non-hydrogen) atoms. The van der Waals surface area contributed by atoms with Crippen molar-refractivity contribution in [3.63, 3.8) is 0 Å². The average Bonchev–Trinajstić information content (AvgIpc) is 2.57. The smallest absolute Gasteiger partial charge is 0.243 e. The zero-order valence-electron chi connectivity index (χ0n) is 12.7. The number of hydrogen-bond donors (Lipinski definition) is 1. The molecule has 7 heteroatoms. The lowest BCUT2D eigenvalue weighted by Crippen LogP contribution is -3.13. The van der Waals surface area contributed by atoms with E-state index in [1.807, 2.05) is 12.3 Å². The molecule has 1 aromatic heterocycles. The van der Waals surface area contributed by atoms with E-state index in [4.69, 9.17) is 11.6 Å². The number of quaternary nitrogens is 1. The predicted molar refractivity (Wildman–Crippen MR) is 88.8 cm³/mol. The zero-order chi connectivity index (χ0) is 16.3. The van der Waals surface area contributed by atoms with Crippen molar-refractivity contribution < 1.29 is 13.3 Å². The highest BCUT2D eigenvalue weighted by atomic mass is 35.5. The van der Waals surface area contributed by atoms with Crippen LogP contribution in [0.5, 0.6) is 0 Å². The number of sulfonamides is 1. The normalized spacial score (nSPS) is 17.3. The number of pyridine rings is 1. The highest BCUT2D eigenvalue weighted by Gasteiger charge is 2.30. The van der Waals surface area contributed by atoms with Crippen molar-refractivity contribution in [2.75, 3.05) is 26.2 Å². The van der Waals surface area contributed by atoms with Crippen molar-refractivity contribution in [1.82, 2.24) is 9.29 Å². The van der Waals surface area contributed by atoms with Crippen LogP contribution in [0.25, 0.3) is 0 Å². The summed E-state index contributed by atoms with van der Waals surface area (Å²) in [5.74, 6) is 0. The van der Waals surface area contributed by atoms with Crippen LogP contribution in [-0.2, 0) is 16.6 Å². The summed E-state index contributed by atoms with van der Waals surface area (Å²) in [7, 11) is -3.43. The van der Waals surface area contributed by atoms with Crippen molar-refractivity contribution in [3.8, 4) is 0 Å². The number of piperazine rings is 1. The Labute approximate surface area is 141 Å². The quantitative estimate of drug-likeness (QED) is 0.886. The summed E-state index contributed by atoms with van der Waals surface area (Å²) in [6.07, 6.45) is 3.62. The number of nitrogens with zero attached hydrogens (tertiary/aromatic N) is 2. The molecule has 1 saturated heterocycles. The SMILES string of the molecule is O=S(=O)(c1ccc(Cl)cc1)N1CC[NH+](Cc2cccnc2)CC1. The molecule has 0 unspecified atom stereocenters. The topological polar surface area (TPSA) is 54.7 Å². The van der Waals surface area contributed by atoms with Crippen LogP contribution in [0.2, 0.25) is 5.02 Å². The van der Waals surface area contributed by atoms with Gasteiger partial charge in [0.1, 0.15) is 6.54 Å². The van der Waals surface area contributed by atoms with Gasteiger partial charge in [-0.15, -0.1) is 0 Å². The van der Waals surface area contributed by atoms with Gasteiger partial charge < -0.3 is 4.90 Å². The van der Waals surface area contributed by atoms with Crippen LogP contribution in [0.1, 0.15) is 5.56 Å². The van der Waals surface area contributed by atoms with Crippen LogP contribution in [0.15, 0.2) is 53.7 Å². The molecule has 122 valence electrons. The molecular formula is C16H19ClN3O2S+. The van der Waals surface area contributed by atoms with E-state index < -0.39 is 10.0 Å². The average molecular weight is 353 g/mol. The molecule has 2 aromatic rings. The van der Waals surface area contributed by atoms with Crippen LogP contribution in [-0.4, -0.2) is 43.9 Å². The van der Waals surface area contributed by atoms with Crippen molar-refractivity contribution in [2.24, 2.45) is 0 Å². The van der Waals surface area contributed by atoms with E-state index in [0.29, 0.717) is 23.0 Å². The maximum atomic E-state index is 12.6. The first-order valence-corrected chi connectivity index (χ1v) is 9.36. The fourth-order valence-corrected chi connectivity index (χ4v) is 4.33. The Balaban J connectivity index is 1.63. The van der Waals surface area contributed by atoms with Crippen molar-refractivity contribution in [2.45, 2.75) is 11.4 Å². The highest BCUT2D eigenvalue weighted by molar-refractivity contribution is 7.89. The number of benzene rings is 1. The second kappa shape index (κ2) is 6.97. The maximum Gasteiger partial charge on any atom is 0.243 e. The molecule has 0 atom stereocenters. The molecule has 1 aliphatic heterocycles. The van der Waals surface area contributed by atoms with E-state index in [0.717, 1.165) is 19.6 Å². The summed E-state index contributed by atoms with van der Waals surface area (Å²) in [4.78, 5) is 5.80. The van der Waals surface area contributed by atoms with Crippen LogP contribution >= 0.6 is 11.6 Å². The number of rotatable bonds is 4. The Kier molecular flexibility index (Phi) is 4.96. The van der Waals surface area contributed by atoms with Gasteiger partial charge in [0.2, 0.25) is 10.0 Å². The first kappa shape index (κ1) is 16.4. The highest BCUT2D eigenvalue weighted by Crippen LogP contribution is 2.18. The zero-order valence-corrected chi connectivity index (χ0v) is 14.2. The van der Waals surface area contributed by atoms with Gasteiger partial charge in [0, 0.05) is 23.0 Å². The van der Waals surface area contributed by atoms with Crippen LogP contribution in [0, 0.1) is 0 Å². The first-order chi connectivity index (χ1) is 11.1. The van der Waals surface area contributed by atoms with E-state index in [2.05, 4.69) is 11.1 Å². The lowest BCUT2D eigenvalue weighted by molar-refractivity contribution is -0.917. The summed E-state index contributed by atoms with van der Waals surface area (Å²) in [5, 5.41) is 0.537. The summed E-state index contributed by atoms with van der Waals surface area (Å²) in [6, 6.07) is 10.3. The Morgan fingerprint density at radius 2 is 1.83 bits per heavy atom. The molecule has 2 heterocycles. The summed E-state index contributed by atoms with van der Waals surface area (Å²) in [5.41, 5.74) is 1.18. The summed E-state index contributed by atoms with van der Waals surface area (Å²) < 4.78 is 26.8. The molecular weight excluding hydrogens is 334 g/mol. The molecule has 5 nitrogen and oxygen atoms in total. The van der Waals surface area contributed by atoms with Gasteiger partial charge >= 0.3 is 0 Å². The summed E-state index contributed by atoms with van der Waals surface area (Å²) >= 11 is 5.83. The minimum Gasteiger partial charge on any atom is -0.329 e. The fraction of sp³-hybridized carbons (Fsp3) is 0.312. The van der Waals surface area contributed by atoms with Gasteiger partial charge in [-0.25, -0.2) is 8.42 Å². The number of hydrogen-bond acceptors (Lipinski definition) is 3. The second-order valence-corrected chi connectivity index (χ2v) is 8.02. The molecule has 1 N–H and O–H groups in total. The van der Waals surface area contributed by atoms with Crippen LogP contribution in [0.3, 0.4) is 0 Å². The van der Waals surface area contributed by atoms with E-state index in [1.165, 1.54) is 10.5 Å². The third-order valence-electron chi connectivity index (χ3n) is 4.06. The number of aromatic nitrogens is 1. The van der Waals surface area contributed by atoms with E-state index in [1.54, 1.807) is 34.8 Å². The lowest BCUT2D eigenvalue weighted by atomic mass is 10.2. The Bertz CT molecular complexity index is 743. The number of halogens is 1. The third kappa shape index (κ3) is 3.90. The molecule has 1 fully saturated rings. The standard InChI is InChI=1S/C16H18ClN3O2S/c17-15-3-5-16(6-4-15)23(21,22)20-10-8-19(9-11-20)13-14-2-1-7-18-12-14/h1-7,12H,8-11,13H2/p+1. The molecule has 1 aromatic carbocycles. The molecule has 0 spiro atoms. The first-order valence-electron chi connectivity index (χ1n) is 7.54. The Morgan fingerprint density at radius 3 is 2.43 bits per heavy atom. The van der Waals surface area contributed by atoms with E-state index >= 15 is 0 Å². The Morgan fingerprint density at radius 1 is 1.13 bits per heavy atom. The van der Waals surface area contributed by atoms with Gasteiger partial charge in [0.05, 0.1) is 31.1 Å². The van der Waals surface area contributed by atoms with Crippen molar-refractivity contribution in [3.05, 3.63) is 59.4 Å². The van der Waals surface area contributed by atoms with Crippen LogP contribution < -0.4 is 4.90 Å². The van der Waals surface area contributed by atoms with Gasteiger partial charge in [-0.3, -0.25) is 4.98 Å². The van der Waals surface area contributed by atoms with Gasteiger partial charge in [0.15, 0.2) is 0 Å².